The minimum Gasteiger partial charge on any atom is -0.495 e. The Balaban J connectivity index is 2.66. The average Bonchev–Trinajstić information content (AvgIpc) is 2.26. The van der Waals surface area contributed by atoms with Gasteiger partial charge in [-0.1, -0.05) is 6.07 Å². The number of nitrogens with one attached hydrogen (secondary N) is 1. The van der Waals surface area contributed by atoms with Crippen molar-refractivity contribution >= 4 is 11.8 Å². The van der Waals surface area contributed by atoms with E-state index in [1.807, 2.05) is 0 Å². The number of carbonyl (C=O) groups is 1. The SMILES string of the molecule is COc1ccc(C)cc1NC(=O)OCC(F)(F)F. The molecule has 0 radical (unpaired) electrons. The number of carbonyl (C=O) groups excluding carboxylic acids is 1. The number of anilines is 1. The third-order valence-corrected chi connectivity index (χ3v) is 1.96. The third kappa shape index (κ3) is 4.52. The molecule has 0 fully saturated rings. The first-order chi connectivity index (χ1) is 8.31. The summed E-state index contributed by atoms with van der Waals surface area (Å²) in [6, 6.07) is 4.90. The van der Waals surface area contributed by atoms with Crippen molar-refractivity contribution in [2.24, 2.45) is 0 Å². The molecule has 0 saturated carbocycles. The zero-order chi connectivity index (χ0) is 13.8. The molecule has 1 amide bonds. The van der Waals surface area contributed by atoms with Gasteiger partial charge in [0.2, 0.25) is 0 Å². The van der Waals surface area contributed by atoms with Crippen LogP contribution in [0.25, 0.3) is 0 Å². The van der Waals surface area contributed by atoms with Gasteiger partial charge in [-0.25, -0.2) is 4.79 Å². The van der Waals surface area contributed by atoms with Crippen molar-refractivity contribution in [2.75, 3.05) is 19.0 Å². The number of alkyl halides is 3. The summed E-state index contributed by atoms with van der Waals surface area (Å²) in [6.45, 7) is 0.138. The smallest absolute Gasteiger partial charge is 0.422 e. The minimum absolute atomic E-state index is 0.254. The van der Waals surface area contributed by atoms with E-state index < -0.39 is 18.9 Å². The molecule has 1 rings (SSSR count). The molecule has 0 aliphatic carbocycles. The van der Waals surface area contributed by atoms with Crippen LogP contribution in [0.1, 0.15) is 5.56 Å². The predicted molar refractivity (Wildman–Crippen MR) is 58.8 cm³/mol. The summed E-state index contributed by atoms with van der Waals surface area (Å²) in [6.07, 6.45) is -5.73. The quantitative estimate of drug-likeness (QED) is 0.911. The highest BCUT2D eigenvalue weighted by Crippen LogP contribution is 2.25. The van der Waals surface area contributed by atoms with E-state index in [0.717, 1.165) is 5.56 Å². The van der Waals surface area contributed by atoms with E-state index in [0.29, 0.717) is 5.75 Å². The van der Waals surface area contributed by atoms with Gasteiger partial charge >= 0.3 is 12.3 Å². The van der Waals surface area contributed by atoms with Crippen molar-refractivity contribution in [2.45, 2.75) is 13.1 Å². The molecular formula is C11H12F3NO3. The Morgan fingerprint density at radius 2 is 2.06 bits per heavy atom. The lowest BCUT2D eigenvalue weighted by Crippen LogP contribution is -2.23. The van der Waals surface area contributed by atoms with Crippen LogP contribution in [0.4, 0.5) is 23.7 Å². The van der Waals surface area contributed by atoms with Crippen molar-refractivity contribution in [3.63, 3.8) is 0 Å². The van der Waals surface area contributed by atoms with Gasteiger partial charge in [0.1, 0.15) is 5.75 Å². The number of benzene rings is 1. The number of hydrogen-bond donors (Lipinski definition) is 1. The van der Waals surface area contributed by atoms with E-state index in [-0.39, 0.29) is 5.69 Å². The first kappa shape index (κ1) is 14.1. The fraction of sp³-hybridized carbons (Fsp3) is 0.364. The summed E-state index contributed by atoms with van der Waals surface area (Å²) in [4.78, 5) is 11.1. The van der Waals surface area contributed by atoms with Gasteiger partial charge in [-0.2, -0.15) is 13.2 Å². The number of ether oxygens (including phenoxy) is 2. The molecule has 1 N–H and O–H groups in total. The first-order valence-corrected chi connectivity index (χ1v) is 4.97. The number of amides is 1. The summed E-state index contributed by atoms with van der Waals surface area (Å²) in [5, 5.41) is 2.19. The zero-order valence-electron chi connectivity index (χ0n) is 9.80. The maximum atomic E-state index is 11.8. The molecule has 0 aromatic heterocycles. The molecule has 0 spiro atoms. The molecule has 0 heterocycles. The molecular weight excluding hydrogens is 251 g/mol. The summed E-state index contributed by atoms with van der Waals surface area (Å²) in [5.41, 5.74) is 1.08. The summed E-state index contributed by atoms with van der Waals surface area (Å²) in [7, 11) is 1.39. The van der Waals surface area contributed by atoms with E-state index in [4.69, 9.17) is 4.74 Å². The lowest BCUT2D eigenvalue weighted by molar-refractivity contribution is -0.159. The number of rotatable bonds is 3. The van der Waals surface area contributed by atoms with Gasteiger partial charge in [0.05, 0.1) is 12.8 Å². The fourth-order valence-electron chi connectivity index (χ4n) is 1.21. The van der Waals surface area contributed by atoms with Gasteiger partial charge in [-0.05, 0) is 24.6 Å². The summed E-state index contributed by atoms with van der Waals surface area (Å²) in [5.74, 6) is 0.338. The number of methoxy groups -OCH3 is 1. The molecule has 18 heavy (non-hydrogen) atoms. The number of halogens is 3. The van der Waals surface area contributed by atoms with Crippen molar-refractivity contribution in [3.8, 4) is 5.75 Å². The molecule has 4 nitrogen and oxygen atoms in total. The Labute approximate surface area is 102 Å². The second kappa shape index (κ2) is 5.61. The van der Waals surface area contributed by atoms with Gasteiger partial charge in [-0.3, -0.25) is 5.32 Å². The largest absolute Gasteiger partial charge is 0.495 e. The van der Waals surface area contributed by atoms with Gasteiger partial charge in [0, 0.05) is 0 Å². The van der Waals surface area contributed by atoms with Crippen molar-refractivity contribution in [1.82, 2.24) is 0 Å². The Kier molecular flexibility index (Phi) is 4.41. The fourth-order valence-corrected chi connectivity index (χ4v) is 1.21. The van der Waals surface area contributed by atoms with Crippen LogP contribution in [0.5, 0.6) is 5.75 Å². The lowest BCUT2D eigenvalue weighted by atomic mass is 10.2. The second-order valence-corrected chi connectivity index (χ2v) is 3.52. The maximum Gasteiger partial charge on any atom is 0.422 e. The summed E-state index contributed by atoms with van der Waals surface area (Å²) >= 11 is 0. The zero-order valence-corrected chi connectivity index (χ0v) is 9.80. The van der Waals surface area contributed by atoms with E-state index in [1.165, 1.54) is 7.11 Å². The van der Waals surface area contributed by atoms with Gasteiger partial charge in [-0.15, -0.1) is 0 Å². The molecule has 0 unspecified atom stereocenters. The monoisotopic (exact) mass is 263 g/mol. The average molecular weight is 263 g/mol. The Morgan fingerprint density at radius 1 is 1.39 bits per heavy atom. The van der Waals surface area contributed by atoms with Gasteiger partial charge in [0.15, 0.2) is 6.61 Å². The molecule has 1 aromatic rings. The molecule has 1 aromatic carbocycles. The Morgan fingerprint density at radius 3 is 2.61 bits per heavy atom. The molecule has 0 bridgehead atoms. The van der Waals surface area contributed by atoms with Crippen LogP contribution in [-0.4, -0.2) is 26.0 Å². The van der Waals surface area contributed by atoms with E-state index >= 15 is 0 Å². The molecule has 0 saturated heterocycles. The molecule has 0 aliphatic heterocycles. The van der Waals surface area contributed by atoms with Crippen molar-refractivity contribution < 1.29 is 27.4 Å². The van der Waals surface area contributed by atoms with Crippen LogP contribution in [0.3, 0.4) is 0 Å². The number of hydrogen-bond acceptors (Lipinski definition) is 3. The summed E-state index contributed by atoms with van der Waals surface area (Å²) < 4.78 is 44.5. The predicted octanol–water partition coefficient (Wildman–Crippen LogP) is 3.11. The standard InChI is InChI=1S/C11H12F3NO3/c1-7-3-4-9(17-2)8(5-7)15-10(16)18-6-11(12,13)14/h3-5H,6H2,1-2H3,(H,15,16). The van der Waals surface area contributed by atoms with Gasteiger partial charge in [0.25, 0.3) is 0 Å². The second-order valence-electron chi connectivity index (χ2n) is 3.52. The van der Waals surface area contributed by atoms with E-state index in [2.05, 4.69) is 10.1 Å². The molecule has 100 valence electrons. The topological polar surface area (TPSA) is 47.6 Å². The normalized spacial score (nSPS) is 10.9. The van der Waals surface area contributed by atoms with E-state index in [1.54, 1.807) is 25.1 Å². The van der Waals surface area contributed by atoms with Crippen LogP contribution in [0.2, 0.25) is 0 Å². The van der Waals surface area contributed by atoms with Gasteiger partial charge < -0.3 is 9.47 Å². The van der Waals surface area contributed by atoms with E-state index in [9.17, 15) is 18.0 Å². The third-order valence-electron chi connectivity index (χ3n) is 1.96. The van der Waals surface area contributed by atoms with Crippen LogP contribution < -0.4 is 10.1 Å². The highest BCUT2D eigenvalue weighted by atomic mass is 19.4. The first-order valence-electron chi connectivity index (χ1n) is 4.97. The molecule has 0 atom stereocenters. The minimum atomic E-state index is -4.55. The maximum absolute atomic E-state index is 11.8. The van der Waals surface area contributed by atoms with Crippen LogP contribution in [-0.2, 0) is 4.74 Å². The van der Waals surface area contributed by atoms with Crippen LogP contribution in [0, 0.1) is 6.92 Å². The highest BCUT2D eigenvalue weighted by molar-refractivity contribution is 5.86. The number of aryl methyl sites for hydroxylation is 1. The molecule has 7 heteroatoms. The Bertz CT molecular complexity index is 432. The van der Waals surface area contributed by atoms with Crippen molar-refractivity contribution in [1.29, 1.82) is 0 Å². The Hall–Kier alpha value is -1.92. The highest BCUT2D eigenvalue weighted by Gasteiger charge is 2.29. The lowest BCUT2D eigenvalue weighted by Gasteiger charge is -2.12. The van der Waals surface area contributed by atoms with Crippen LogP contribution in [0.15, 0.2) is 18.2 Å². The van der Waals surface area contributed by atoms with Crippen molar-refractivity contribution in [3.05, 3.63) is 23.8 Å². The molecule has 0 aliphatic rings. The van der Waals surface area contributed by atoms with Crippen LogP contribution >= 0.6 is 0 Å².